The van der Waals surface area contributed by atoms with E-state index in [2.05, 4.69) is 0 Å². The van der Waals surface area contributed by atoms with Crippen LogP contribution >= 0.6 is 0 Å². The van der Waals surface area contributed by atoms with Crippen LogP contribution in [0.25, 0.3) is 0 Å². The number of rotatable bonds is 4. The number of nitro groups is 2. The second kappa shape index (κ2) is 5.41. The monoisotopic (exact) mass is 293 g/mol. The van der Waals surface area contributed by atoms with Crippen molar-refractivity contribution in [1.82, 2.24) is 0 Å². The van der Waals surface area contributed by atoms with Gasteiger partial charge in [-0.05, 0) is 6.07 Å². The zero-order chi connectivity index (χ0) is 15.6. The van der Waals surface area contributed by atoms with E-state index in [0.717, 1.165) is 30.3 Å². The molecule has 0 spiro atoms. The quantitative estimate of drug-likeness (QED) is 0.525. The van der Waals surface area contributed by atoms with Gasteiger partial charge in [-0.1, -0.05) is 6.07 Å². The molecule has 0 bridgehead atoms. The molecule has 8 nitrogen and oxygen atoms in total. The molecule has 0 unspecified atom stereocenters. The van der Waals surface area contributed by atoms with E-state index in [1.54, 1.807) is 0 Å². The molecule has 2 N–H and O–H groups in total. The van der Waals surface area contributed by atoms with Crippen molar-refractivity contribution in [2.45, 2.75) is 0 Å². The molecule has 108 valence electrons. The van der Waals surface area contributed by atoms with E-state index < -0.39 is 27.1 Å². The fourth-order valence-corrected chi connectivity index (χ4v) is 1.63. The molecule has 21 heavy (non-hydrogen) atoms. The summed E-state index contributed by atoms with van der Waals surface area (Å²) in [6.07, 6.45) is 0. The van der Waals surface area contributed by atoms with Crippen LogP contribution in [0.2, 0.25) is 0 Å². The number of para-hydroxylation sites is 1. The van der Waals surface area contributed by atoms with E-state index in [1.807, 2.05) is 0 Å². The second-order valence-corrected chi connectivity index (χ2v) is 3.96. The summed E-state index contributed by atoms with van der Waals surface area (Å²) in [5.74, 6) is -1.77. The van der Waals surface area contributed by atoms with Gasteiger partial charge in [0.2, 0.25) is 5.75 Å². The number of benzene rings is 2. The molecule has 0 aromatic heterocycles. The lowest BCUT2D eigenvalue weighted by Gasteiger charge is -2.07. The van der Waals surface area contributed by atoms with Crippen LogP contribution in [0.5, 0.6) is 11.5 Å². The number of hydrogen-bond donors (Lipinski definition) is 1. The van der Waals surface area contributed by atoms with E-state index in [0.29, 0.717) is 0 Å². The summed E-state index contributed by atoms with van der Waals surface area (Å²) in [7, 11) is 0. The van der Waals surface area contributed by atoms with Crippen molar-refractivity contribution in [3.63, 3.8) is 0 Å². The average molecular weight is 293 g/mol. The first kappa shape index (κ1) is 14.2. The number of nitro benzene ring substituents is 2. The van der Waals surface area contributed by atoms with Gasteiger partial charge in [-0.3, -0.25) is 20.2 Å². The van der Waals surface area contributed by atoms with Crippen molar-refractivity contribution in [2.75, 3.05) is 5.73 Å². The molecule has 2 aromatic carbocycles. The highest BCUT2D eigenvalue weighted by atomic mass is 19.1. The molecule has 0 atom stereocenters. The largest absolute Gasteiger partial charge is 0.447 e. The highest BCUT2D eigenvalue weighted by Crippen LogP contribution is 2.35. The highest BCUT2D eigenvalue weighted by molar-refractivity contribution is 5.56. The Kier molecular flexibility index (Phi) is 3.65. The molecule has 9 heteroatoms. The molecule has 2 aromatic rings. The van der Waals surface area contributed by atoms with Gasteiger partial charge in [-0.15, -0.1) is 0 Å². The number of halogens is 1. The normalized spacial score (nSPS) is 10.1. The van der Waals surface area contributed by atoms with E-state index in [-0.39, 0.29) is 17.1 Å². The number of nitrogens with two attached hydrogens (primary N) is 1. The van der Waals surface area contributed by atoms with E-state index in [4.69, 9.17) is 10.5 Å². The number of ether oxygens (including phenoxy) is 1. The molecule has 0 saturated carbocycles. The van der Waals surface area contributed by atoms with E-state index in [1.165, 1.54) is 6.07 Å². The Hall–Kier alpha value is -3.23. The summed E-state index contributed by atoms with van der Waals surface area (Å²) in [5.41, 5.74) is 4.52. The molecule has 0 radical (unpaired) electrons. The Labute approximate surface area is 116 Å². The van der Waals surface area contributed by atoms with Gasteiger partial charge in [-0.2, -0.15) is 0 Å². The Morgan fingerprint density at radius 1 is 1.10 bits per heavy atom. The fourth-order valence-electron chi connectivity index (χ4n) is 1.63. The van der Waals surface area contributed by atoms with Gasteiger partial charge in [0.15, 0.2) is 5.82 Å². The van der Waals surface area contributed by atoms with Crippen LogP contribution in [0.3, 0.4) is 0 Å². The summed E-state index contributed by atoms with van der Waals surface area (Å²) in [4.78, 5) is 20.0. The minimum absolute atomic E-state index is 0.0122. The van der Waals surface area contributed by atoms with Gasteiger partial charge in [0.1, 0.15) is 5.75 Å². The van der Waals surface area contributed by atoms with Crippen LogP contribution in [0, 0.1) is 26.0 Å². The lowest BCUT2D eigenvalue weighted by atomic mass is 10.2. The molecule has 0 aliphatic heterocycles. The Morgan fingerprint density at radius 3 is 2.43 bits per heavy atom. The molecule has 0 fully saturated rings. The molecule has 0 aliphatic rings. The van der Waals surface area contributed by atoms with Gasteiger partial charge < -0.3 is 10.5 Å². The van der Waals surface area contributed by atoms with E-state index >= 15 is 0 Å². The third-order valence-electron chi connectivity index (χ3n) is 2.49. The first-order chi connectivity index (χ1) is 9.88. The first-order valence-corrected chi connectivity index (χ1v) is 5.54. The zero-order valence-corrected chi connectivity index (χ0v) is 10.4. The maximum Gasteiger partial charge on any atom is 0.314 e. The van der Waals surface area contributed by atoms with Gasteiger partial charge in [0.05, 0.1) is 15.9 Å². The molecular formula is C12H8FN3O5. The maximum absolute atomic E-state index is 13.7. The van der Waals surface area contributed by atoms with Crippen molar-refractivity contribution >= 4 is 17.1 Å². The Balaban J connectivity index is 2.48. The SMILES string of the molecule is Nc1cc(Oc2c(F)cccc2[N+](=O)[O-])cc([N+](=O)[O-])c1. The summed E-state index contributed by atoms with van der Waals surface area (Å²) in [5, 5.41) is 21.5. The van der Waals surface area contributed by atoms with Gasteiger partial charge in [0.25, 0.3) is 5.69 Å². The Bertz CT molecular complexity index is 735. The highest BCUT2D eigenvalue weighted by Gasteiger charge is 2.21. The van der Waals surface area contributed by atoms with Gasteiger partial charge in [0, 0.05) is 23.9 Å². The number of nitrogens with zero attached hydrogens (tertiary/aromatic N) is 2. The molecular weight excluding hydrogens is 285 g/mol. The average Bonchev–Trinajstić information content (AvgIpc) is 2.40. The summed E-state index contributed by atoms with van der Waals surface area (Å²) >= 11 is 0. The first-order valence-electron chi connectivity index (χ1n) is 5.54. The van der Waals surface area contributed by atoms with Crippen molar-refractivity contribution in [3.05, 3.63) is 62.4 Å². The lowest BCUT2D eigenvalue weighted by Crippen LogP contribution is -1.98. The van der Waals surface area contributed by atoms with Crippen molar-refractivity contribution in [2.24, 2.45) is 0 Å². The smallest absolute Gasteiger partial charge is 0.314 e. The van der Waals surface area contributed by atoms with Crippen LogP contribution in [0.4, 0.5) is 21.5 Å². The summed E-state index contributed by atoms with van der Waals surface area (Å²) in [6, 6.07) is 6.46. The van der Waals surface area contributed by atoms with Crippen LogP contribution in [-0.4, -0.2) is 9.85 Å². The topological polar surface area (TPSA) is 122 Å². The van der Waals surface area contributed by atoms with Crippen molar-refractivity contribution < 1.29 is 19.0 Å². The van der Waals surface area contributed by atoms with Gasteiger partial charge in [-0.25, -0.2) is 4.39 Å². The molecule has 2 rings (SSSR count). The number of nitrogen functional groups attached to an aromatic ring is 1. The number of hydrogen-bond acceptors (Lipinski definition) is 6. The lowest BCUT2D eigenvalue weighted by molar-refractivity contribution is -0.386. The van der Waals surface area contributed by atoms with E-state index in [9.17, 15) is 24.6 Å². The van der Waals surface area contributed by atoms with Crippen LogP contribution in [0.1, 0.15) is 0 Å². The van der Waals surface area contributed by atoms with Gasteiger partial charge >= 0.3 is 5.69 Å². The minimum atomic E-state index is -0.964. The molecule has 0 aliphatic carbocycles. The van der Waals surface area contributed by atoms with Crippen molar-refractivity contribution in [3.8, 4) is 11.5 Å². The fraction of sp³-hybridized carbons (Fsp3) is 0. The number of non-ortho nitro benzene ring substituents is 1. The predicted molar refractivity (Wildman–Crippen MR) is 70.6 cm³/mol. The zero-order valence-electron chi connectivity index (χ0n) is 10.4. The van der Waals surface area contributed by atoms with Crippen LogP contribution < -0.4 is 10.5 Å². The van der Waals surface area contributed by atoms with Crippen molar-refractivity contribution in [1.29, 1.82) is 0 Å². The molecule has 0 heterocycles. The predicted octanol–water partition coefficient (Wildman–Crippen LogP) is 3.02. The third-order valence-corrected chi connectivity index (χ3v) is 2.49. The maximum atomic E-state index is 13.7. The minimum Gasteiger partial charge on any atom is -0.447 e. The standard InChI is InChI=1S/C12H8FN3O5/c13-10-2-1-3-11(16(19)20)12(10)21-9-5-7(14)4-8(6-9)15(17)18/h1-6H,14H2. The summed E-state index contributed by atoms with van der Waals surface area (Å²) in [6.45, 7) is 0. The second-order valence-electron chi connectivity index (χ2n) is 3.96. The number of anilines is 1. The molecule has 0 amide bonds. The summed E-state index contributed by atoms with van der Waals surface area (Å²) < 4.78 is 18.7. The third kappa shape index (κ3) is 3.03. The van der Waals surface area contributed by atoms with Crippen LogP contribution in [0.15, 0.2) is 36.4 Å². The molecule has 0 saturated heterocycles. The van der Waals surface area contributed by atoms with Crippen LogP contribution in [-0.2, 0) is 0 Å². The Morgan fingerprint density at radius 2 is 1.81 bits per heavy atom.